The maximum atomic E-state index is 10.9. The first kappa shape index (κ1) is 18.7. The van der Waals surface area contributed by atoms with E-state index in [1.807, 2.05) is 36.4 Å². The van der Waals surface area contributed by atoms with Crippen LogP contribution in [0.2, 0.25) is 5.02 Å². The number of halogens is 1. The van der Waals surface area contributed by atoms with Crippen LogP contribution in [0.1, 0.15) is 36.8 Å². The Labute approximate surface area is 159 Å². The molecule has 2 aromatic rings. The highest BCUT2D eigenvalue weighted by Gasteiger charge is 2.23. The molecule has 4 nitrogen and oxygen atoms in total. The third-order valence-electron chi connectivity index (χ3n) is 4.84. The minimum atomic E-state index is -0.471. The van der Waals surface area contributed by atoms with Gasteiger partial charge in [0.15, 0.2) is 6.61 Å². The van der Waals surface area contributed by atoms with Crippen LogP contribution in [-0.2, 0) is 17.9 Å². The summed E-state index contributed by atoms with van der Waals surface area (Å²) in [6, 6.07) is 16.5. The summed E-state index contributed by atoms with van der Waals surface area (Å²) < 4.78 is 5.44. The predicted octanol–water partition coefficient (Wildman–Crippen LogP) is 4.15. The SMILES string of the molecule is NC(=O)COc1cccc(CN(Cc2ccccc2Cl)C2CCCC2)c1. The zero-order chi connectivity index (χ0) is 18.4. The van der Waals surface area contributed by atoms with Gasteiger partial charge in [-0.1, -0.05) is 54.8 Å². The van der Waals surface area contributed by atoms with Crippen LogP contribution in [0, 0.1) is 0 Å². The van der Waals surface area contributed by atoms with Crippen molar-refractivity contribution in [2.45, 2.75) is 44.8 Å². The summed E-state index contributed by atoms with van der Waals surface area (Å²) in [6.07, 6.45) is 5.02. The average Bonchev–Trinajstić information content (AvgIpc) is 3.16. The first-order valence-electron chi connectivity index (χ1n) is 9.09. The summed E-state index contributed by atoms with van der Waals surface area (Å²) in [5.41, 5.74) is 7.47. The zero-order valence-electron chi connectivity index (χ0n) is 14.9. The molecule has 2 aromatic carbocycles. The Bertz CT molecular complexity index is 744. The quantitative estimate of drug-likeness (QED) is 0.757. The van der Waals surface area contributed by atoms with Gasteiger partial charge in [0.25, 0.3) is 5.91 Å². The molecule has 0 bridgehead atoms. The van der Waals surface area contributed by atoms with Crippen molar-refractivity contribution >= 4 is 17.5 Å². The zero-order valence-corrected chi connectivity index (χ0v) is 15.6. The Balaban J connectivity index is 1.74. The van der Waals surface area contributed by atoms with Crippen molar-refractivity contribution in [3.63, 3.8) is 0 Å². The van der Waals surface area contributed by atoms with Crippen LogP contribution >= 0.6 is 11.6 Å². The third-order valence-corrected chi connectivity index (χ3v) is 5.21. The molecule has 0 aromatic heterocycles. The van der Waals surface area contributed by atoms with E-state index in [1.165, 1.54) is 25.7 Å². The van der Waals surface area contributed by atoms with Crippen LogP contribution in [0.4, 0.5) is 0 Å². The van der Waals surface area contributed by atoms with Crippen LogP contribution in [-0.4, -0.2) is 23.5 Å². The Morgan fingerprint density at radius 1 is 1.12 bits per heavy atom. The van der Waals surface area contributed by atoms with Crippen molar-refractivity contribution in [2.24, 2.45) is 5.73 Å². The van der Waals surface area contributed by atoms with E-state index in [2.05, 4.69) is 17.0 Å². The molecule has 1 fully saturated rings. The van der Waals surface area contributed by atoms with E-state index in [0.717, 1.165) is 29.2 Å². The lowest BCUT2D eigenvalue weighted by molar-refractivity contribution is -0.119. The van der Waals surface area contributed by atoms with Crippen LogP contribution in [0.25, 0.3) is 0 Å². The second-order valence-corrected chi connectivity index (χ2v) is 7.24. The van der Waals surface area contributed by atoms with Gasteiger partial charge in [-0.2, -0.15) is 0 Å². The number of nitrogens with zero attached hydrogens (tertiary/aromatic N) is 1. The number of carbonyl (C=O) groups is 1. The fraction of sp³-hybridized carbons (Fsp3) is 0.381. The Morgan fingerprint density at radius 2 is 1.88 bits per heavy atom. The molecule has 138 valence electrons. The van der Waals surface area contributed by atoms with Crippen LogP contribution in [0.15, 0.2) is 48.5 Å². The van der Waals surface area contributed by atoms with Crippen molar-refractivity contribution < 1.29 is 9.53 Å². The summed E-state index contributed by atoms with van der Waals surface area (Å²) in [7, 11) is 0. The van der Waals surface area contributed by atoms with Crippen LogP contribution < -0.4 is 10.5 Å². The molecule has 0 radical (unpaired) electrons. The lowest BCUT2D eigenvalue weighted by atomic mass is 10.1. The van der Waals surface area contributed by atoms with Gasteiger partial charge >= 0.3 is 0 Å². The number of hydrogen-bond acceptors (Lipinski definition) is 3. The molecule has 26 heavy (non-hydrogen) atoms. The third kappa shape index (κ3) is 5.23. The molecule has 1 amide bonds. The highest BCUT2D eigenvalue weighted by atomic mass is 35.5. The largest absolute Gasteiger partial charge is 0.484 e. The first-order chi connectivity index (χ1) is 12.6. The summed E-state index contributed by atoms with van der Waals surface area (Å²) in [5, 5.41) is 0.814. The molecule has 1 saturated carbocycles. The van der Waals surface area contributed by atoms with Gasteiger partial charge in [-0.3, -0.25) is 9.69 Å². The highest BCUT2D eigenvalue weighted by Crippen LogP contribution is 2.28. The highest BCUT2D eigenvalue weighted by molar-refractivity contribution is 6.31. The second-order valence-electron chi connectivity index (χ2n) is 6.84. The van der Waals surface area contributed by atoms with Gasteiger partial charge in [0, 0.05) is 24.2 Å². The number of primary amides is 1. The van der Waals surface area contributed by atoms with Crippen molar-refractivity contribution in [3.8, 4) is 5.75 Å². The van der Waals surface area contributed by atoms with Gasteiger partial charge in [0.1, 0.15) is 5.75 Å². The number of nitrogens with two attached hydrogens (primary N) is 1. The number of carbonyl (C=O) groups excluding carboxylic acids is 1. The molecule has 0 spiro atoms. The molecule has 0 aliphatic heterocycles. The van der Waals surface area contributed by atoms with Crippen molar-refractivity contribution in [1.29, 1.82) is 0 Å². The fourth-order valence-corrected chi connectivity index (χ4v) is 3.75. The average molecular weight is 373 g/mol. The molecular formula is C21H25ClN2O2. The van der Waals surface area contributed by atoms with E-state index in [4.69, 9.17) is 22.1 Å². The molecule has 3 rings (SSSR count). The van der Waals surface area contributed by atoms with Crippen LogP contribution in [0.5, 0.6) is 5.75 Å². The topological polar surface area (TPSA) is 55.6 Å². The molecule has 5 heteroatoms. The van der Waals surface area contributed by atoms with E-state index in [-0.39, 0.29) is 6.61 Å². The minimum absolute atomic E-state index is 0.102. The van der Waals surface area contributed by atoms with Gasteiger partial charge in [0.05, 0.1) is 0 Å². The number of amides is 1. The van der Waals surface area contributed by atoms with Crippen molar-refractivity contribution in [3.05, 3.63) is 64.7 Å². The second kappa shape index (κ2) is 9.06. The maximum absolute atomic E-state index is 10.9. The van der Waals surface area contributed by atoms with Gasteiger partial charge in [0.2, 0.25) is 0 Å². The molecule has 2 N–H and O–H groups in total. The molecule has 1 aliphatic carbocycles. The molecule has 1 aliphatic rings. The Kier molecular flexibility index (Phi) is 6.53. The lowest BCUT2D eigenvalue weighted by Gasteiger charge is -2.29. The van der Waals surface area contributed by atoms with Gasteiger partial charge in [-0.05, 0) is 42.2 Å². The fourth-order valence-electron chi connectivity index (χ4n) is 3.55. The lowest BCUT2D eigenvalue weighted by Crippen LogP contribution is -2.32. The summed E-state index contributed by atoms with van der Waals surface area (Å²) in [6.45, 7) is 1.55. The van der Waals surface area contributed by atoms with Gasteiger partial charge < -0.3 is 10.5 Å². The first-order valence-corrected chi connectivity index (χ1v) is 9.47. The number of rotatable bonds is 8. The van der Waals surface area contributed by atoms with Crippen molar-refractivity contribution in [2.75, 3.05) is 6.61 Å². The van der Waals surface area contributed by atoms with Gasteiger partial charge in [-0.15, -0.1) is 0 Å². The van der Waals surface area contributed by atoms with Crippen molar-refractivity contribution in [1.82, 2.24) is 4.90 Å². The molecular weight excluding hydrogens is 348 g/mol. The summed E-state index contributed by atoms with van der Waals surface area (Å²) in [4.78, 5) is 13.4. The minimum Gasteiger partial charge on any atom is -0.484 e. The van der Waals surface area contributed by atoms with E-state index < -0.39 is 5.91 Å². The smallest absolute Gasteiger partial charge is 0.255 e. The predicted molar refractivity (Wildman–Crippen MR) is 104 cm³/mol. The van der Waals surface area contributed by atoms with Gasteiger partial charge in [-0.25, -0.2) is 0 Å². The number of benzene rings is 2. The van der Waals surface area contributed by atoms with E-state index in [0.29, 0.717) is 11.8 Å². The normalized spacial score (nSPS) is 14.7. The Hall–Kier alpha value is -2.04. The molecule has 0 saturated heterocycles. The number of ether oxygens (including phenoxy) is 1. The Morgan fingerprint density at radius 3 is 2.62 bits per heavy atom. The van der Waals surface area contributed by atoms with Crippen LogP contribution in [0.3, 0.4) is 0 Å². The monoisotopic (exact) mass is 372 g/mol. The van der Waals surface area contributed by atoms with E-state index in [1.54, 1.807) is 0 Å². The number of hydrogen-bond donors (Lipinski definition) is 1. The molecule has 0 heterocycles. The summed E-state index contributed by atoms with van der Waals surface area (Å²) in [5.74, 6) is 0.201. The summed E-state index contributed by atoms with van der Waals surface area (Å²) >= 11 is 6.38. The standard InChI is InChI=1S/C21H25ClN2O2/c22-20-11-4-1-7-17(20)14-24(18-8-2-3-9-18)13-16-6-5-10-19(12-16)26-15-21(23)25/h1,4-7,10-12,18H,2-3,8-9,13-15H2,(H2,23,25). The van der Waals surface area contributed by atoms with E-state index in [9.17, 15) is 4.79 Å². The molecule has 0 unspecified atom stereocenters. The maximum Gasteiger partial charge on any atom is 0.255 e. The van der Waals surface area contributed by atoms with E-state index >= 15 is 0 Å². The molecule has 0 atom stereocenters.